The van der Waals surface area contributed by atoms with Crippen LogP contribution in [0.2, 0.25) is 0 Å². The van der Waals surface area contributed by atoms with Gasteiger partial charge in [0.05, 0.1) is 6.54 Å². The smallest absolute Gasteiger partial charge is 0.317 e. The molecule has 1 aromatic rings. The Hall–Kier alpha value is -1.31. The van der Waals surface area contributed by atoms with Crippen molar-refractivity contribution in [3.05, 3.63) is 22.2 Å². The zero-order chi connectivity index (χ0) is 17.1. The normalized spacial score (nSPS) is 21.0. The predicted molar refractivity (Wildman–Crippen MR) is 93.4 cm³/mol. The molecule has 24 heavy (non-hydrogen) atoms. The van der Waals surface area contributed by atoms with Crippen molar-refractivity contribution in [1.82, 2.24) is 9.80 Å². The molecular formula is C17H23BrN2O4. The maximum Gasteiger partial charge on any atom is 0.317 e. The molecule has 6 nitrogen and oxygen atoms in total. The van der Waals surface area contributed by atoms with Crippen LogP contribution in [0.1, 0.15) is 24.8 Å². The van der Waals surface area contributed by atoms with Gasteiger partial charge in [0.2, 0.25) is 6.79 Å². The van der Waals surface area contributed by atoms with Crippen LogP contribution in [0.15, 0.2) is 16.6 Å². The van der Waals surface area contributed by atoms with Crippen molar-refractivity contribution in [3.63, 3.8) is 0 Å². The van der Waals surface area contributed by atoms with Gasteiger partial charge >= 0.3 is 5.97 Å². The van der Waals surface area contributed by atoms with Gasteiger partial charge in [0.25, 0.3) is 0 Å². The van der Waals surface area contributed by atoms with Gasteiger partial charge in [0.15, 0.2) is 11.5 Å². The van der Waals surface area contributed by atoms with E-state index >= 15 is 0 Å². The minimum atomic E-state index is -0.761. The molecule has 0 aromatic heterocycles. The minimum Gasteiger partial charge on any atom is -0.480 e. The van der Waals surface area contributed by atoms with Crippen LogP contribution in [0.4, 0.5) is 0 Å². The van der Waals surface area contributed by atoms with Gasteiger partial charge in [0.1, 0.15) is 0 Å². The van der Waals surface area contributed by atoms with Gasteiger partial charge in [-0.3, -0.25) is 14.6 Å². The van der Waals surface area contributed by atoms with Crippen molar-refractivity contribution >= 4 is 21.9 Å². The van der Waals surface area contributed by atoms with Gasteiger partial charge in [-0.1, -0.05) is 15.9 Å². The summed E-state index contributed by atoms with van der Waals surface area (Å²) in [7, 11) is 1.91. The third kappa shape index (κ3) is 4.20. The highest BCUT2D eigenvalue weighted by Gasteiger charge is 2.23. The summed E-state index contributed by atoms with van der Waals surface area (Å²) < 4.78 is 11.9. The molecule has 1 fully saturated rings. The number of aliphatic carboxylic acids is 1. The van der Waals surface area contributed by atoms with Crippen molar-refractivity contribution in [2.24, 2.45) is 0 Å². The Morgan fingerprint density at radius 2 is 2.08 bits per heavy atom. The number of carboxylic acid groups (broad SMARTS) is 1. The first-order valence-electron chi connectivity index (χ1n) is 8.25. The van der Waals surface area contributed by atoms with Gasteiger partial charge in [-0.05, 0) is 57.1 Å². The summed E-state index contributed by atoms with van der Waals surface area (Å²) in [5.41, 5.74) is 1.19. The van der Waals surface area contributed by atoms with E-state index < -0.39 is 5.97 Å². The van der Waals surface area contributed by atoms with E-state index in [1.54, 1.807) is 0 Å². The molecule has 3 rings (SSSR count). The quantitative estimate of drug-likeness (QED) is 0.821. The van der Waals surface area contributed by atoms with Gasteiger partial charge in [-0.25, -0.2) is 0 Å². The van der Waals surface area contributed by atoms with Crippen molar-refractivity contribution in [2.45, 2.75) is 31.8 Å². The zero-order valence-corrected chi connectivity index (χ0v) is 15.4. The topological polar surface area (TPSA) is 62.2 Å². The summed E-state index contributed by atoms with van der Waals surface area (Å²) in [6, 6.07) is 4.36. The molecule has 1 N–H and O–H groups in total. The summed E-state index contributed by atoms with van der Waals surface area (Å²) in [5.74, 6) is 0.835. The summed E-state index contributed by atoms with van der Waals surface area (Å²) in [6.07, 6.45) is 3.12. The molecule has 1 aromatic carbocycles. The van der Waals surface area contributed by atoms with Crippen LogP contribution < -0.4 is 9.47 Å². The largest absolute Gasteiger partial charge is 0.480 e. The SMILES string of the molecule is CN(CC(=O)O)C1CCCN(Cc2cc3c(cc2Br)OCO3)CC1. The number of halogens is 1. The first-order chi connectivity index (χ1) is 11.5. The summed E-state index contributed by atoms with van der Waals surface area (Å²) in [4.78, 5) is 15.3. The third-order valence-electron chi connectivity index (χ3n) is 4.73. The monoisotopic (exact) mass is 398 g/mol. The van der Waals surface area contributed by atoms with E-state index in [0.717, 1.165) is 54.9 Å². The van der Waals surface area contributed by atoms with E-state index in [1.165, 1.54) is 5.56 Å². The van der Waals surface area contributed by atoms with E-state index in [0.29, 0.717) is 6.04 Å². The number of likely N-dealkylation sites (tertiary alicyclic amines) is 1. The van der Waals surface area contributed by atoms with E-state index in [1.807, 2.05) is 24.1 Å². The molecule has 2 aliphatic rings. The van der Waals surface area contributed by atoms with Crippen LogP contribution >= 0.6 is 15.9 Å². The molecule has 0 aliphatic carbocycles. The molecule has 0 spiro atoms. The van der Waals surface area contributed by atoms with Crippen LogP contribution in [0.25, 0.3) is 0 Å². The number of rotatable bonds is 5. The van der Waals surface area contributed by atoms with Crippen molar-refractivity contribution in [1.29, 1.82) is 0 Å². The lowest BCUT2D eigenvalue weighted by molar-refractivity contribution is -0.138. The van der Waals surface area contributed by atoms with Gasteiger partial charge < -0.3 is 14.6 Å². The zero-order valence-electron chi connectivity index (χ0n) is 13.8. The number of nitrogens with zero attached hydrogens (tertiary/aromatic N) is 2. The average Bonchev–Trinajstić information content (AvgIpc) is 2.83. The molecule has 0 amide bonds. The number of likely N-dealkylation sites (N-methyl/N-ethyl adjacent to an activating group) is 1. The molecule has 0 radical (unpaired) electrons. The van der Waals surface area contributed by atoms with Crippen molar-refractivity contribution in [2.75, 3.05) is 33.5 Å². The van der Waals surface area contributed by atoms with E-state index in [4.69, 9.17) is 14.6 Å². The first kappa shape index (κ1) is 17.5. The molecule has 1 atom stereocenters. The van der Waals surface area contributed by atoms with Crippen molar-refractivity contribution in [3.8, 4) is 11.5 Å². The fourth-order valence-electron chi connectivity index (χ4n) is 3.40. The van der Waals surface area contributed by atoms with Crippen molar-refractivity contribution < 1.29 is 19.4 Å². The van der Waals surface area contributed by atoms with E-state index in [-0.39, 0.29) is 13.3 Å². The maximum atomic E-state index is 10.9. The van der Waals surface area contributed by atoms with Crippen LogP contribution in [-0.2, 0) is 11.3 Å². The lowest BCUT2D eigenvalue weighted by Crippen LogP contribution is -2.36. The number of hydrogen-bond donors (Lipinski definition) is 1. The number of fused-ring (bicyclic) bond motifs is 1. The molecule has 1 unspecified atom stereocenters. The Kier molecular flexibility index (Phi) is 5.63. The molecule has 2 aliphatic heterocycles. The minimum absolute atomic E-state index is 0.109. The standard InChI is InChI=1S/C17H23BrN2O4/c1-19(10-17(21)22)13-3-2-5-20(6-4-13)9-12-7-15-16(8-14(12)18)24-11-23-15/h7-8,13H,2-6,9-11H2,1H3,(H,21,22). The van der Waals surface area contributed by atoms with Crippen LogP contribution in [0.3, 0.4) is 0 Å². The summed E-state index contributed by atoms with van der Waals surface area (Å²) in [5, 5.41) is 8.96. The number of benzene rings is 1. The van der Waals surface area contributed by atoms with Crippen LogP contribution in [-0.4, -0.2) is 60.4 Å². The van der Waals surface area contributed by atoms with E-state index in [2.05, 4.69) is 20.8 Å². The summed E-state index contributed by atoms with van der Waals surface area (Å²) in [6.45, 7) is 3.24. The average molecular weight is 399 g/mol. The highest BCUT2D eigenvalue weighted by molar-refractivity contribution is 9.10. The Labute approximate surface area is 150 Å². The third-order valence-corrected chi connectivity index (χ3v) is 5.47. The second-order valence-corrected chi connectivity index (χ2v) is 7.32. The van der Waals surface area contributed by atoms with Gasteiger partial charge in [-0.15, -0.1) is 0 Å². The molecule has 1 saturated heterocycles. The Morgan fingerprint density at radius 3 is 2.83 bits per heavy atom. The number of ether oxygens (including phenoxy) is 2. The molecule has 7 heteroatoms. The second kappa shape index (κ2) is 7.72. The number of hydrogen-bond acceptors (Lipinski definition) is 5. The van der Waals surface area contributed by atoms with Gasteiger partial charge in [0, 0.05) is 17.1 Å². The highest BCUT2D eigenvalue weighted by atomic mass is 79.9. The van der Waals surface area contributed by atoms with Crippen LogP contribution in [0, 0.1) is 0 Å². The van der Waals surface area contributed by atoms with Gasteiger partial charge in [-0.2, -0.15) is 0 Å². The van der Waals surface area contributed by atoms with Crippen LogP contribution in [0.5, 0.6) is 11.5 Å². The molecule has 0 saturated carbocycles. The number of carbonyl (C=O) groups is 1. The molecule has 2 heterocycles. The fraction of sp³-hybridized carbons (Fsp3) is 0.588. The fourth-order valence-corrected chi connectivity index (χ4v) is 3.85. The number of carboxylic acids is 1. The summed E-state index contributed by atoms with van der Waals surface area (Å²) >= 11 is 3.62. The lowest BCUT2D eigenvalue weighted by atomic mass is 10.1. The predicted octanol–water partition coefficient (Wildman–Crippen LogP) is 2.55. The Bertz CT molecular complexity index is 610. The highest BCUT2D eigenvalue weighted by Crippen LogP contribution is 2.37. The molecular weight excluding hydrogens is 376 g/mol. The van der Waals surface area contributed by atoms with E-state index in [9.17, 15) is 4.79 Å². The molecule has 132 valence electrons. The second-order valence-electron chi connectivity index (χ2n) is 6.47. The Balaban J connectivity index is 1.60. The molecule has 0 bridgehead atoms. The lowest BCUT2D eigenvalue weighted by Gasteiger charge is -2.25. The Morgan fingerprint density at radius 1 is 1.33 bits per heavy atom. The first-order valence-corrected chi connectivity index (χ1v) is 9.04. The maximum absolute atomic E-state index is 10.9.